The molecule has 0 saturated heterocycles. The van der Waals surface area contributed by atoms with E-state index < -0.39 is 0 Å². The zero-order valence-electron chi connectivity index (χ0n) is 8.36. The normalized spacial score (nSPS) is 10.6. The lowest BCUT2D eigenvalue weighted by Crippen LogP contribution is -2.07. The molecule has 1 heterocycles. The lowest BCUT2D eigenvalue weighted by molar-refractivity contribution is 0.412. The number of aromatic nitrogens is 1. The Kier molecular flexibility index (Phi) is 3.88. The fourth-order valence-corrected chi connectivity index (χ4v) is 1.32. The van der Waals surface area contributed by atoms with Crippen molar-refractivity contribution in [2.45, 2.75) is 0 Å². The van der Waals surface area contributed by atoms with E-state index in [0.29, 0.717) is 11.6 Å². The molecule has 0 spiro atoms. The zero-order valence-corrected chi connectivity index (χ0v) is 9.95. The second-order valence-electron chi connectivity index (χ2n) is 2.86. The van der Waals surface area contributed by atoms with Gasteiger partial charge in [-0.2, -0.15) is 0 Å². The molecule has 1 aromatic rings. The maximum absolute atomic E-state index is 5.17. The van der Waals surface area contributed by atoms with Crippen LogP contribution in [0.15, 0.2) is 21.7 Å². The molecule has 0 saturated carbocycles. The Labute approximate surface area is 91.7 Å². The van der Waals surface area contributed by atoms with Gasteiger partial charge in [-0.05, 0) is 22.0 Å². The predicted octanol–water partition coefficient (Wildman–Crippen LogP) is 2.07. The van der Waals surface area contributed by atoms with Crippen molar-refractivity contribution in [1.29, 1.82) is 0 Å². The molecular weight excluding hydrogens is 246 g/mol. The fourth-order valence-electron chi connectivity index (χ4n) is 0.865. The van der Waals surface area contributed by atoms with Crippen molar-refractivity contribution in [3.8, 4) is 5.75 Å². The summed E-state index contributed by atoms with van der Waals surface area (Å²) in [5.41, 5.74) is 0. The highest BCUT2D eigenvalue weighted by molar-refractivity contribution is 9.10. The number of halogens is 1. The molecule has 1 rings (SSSR count). The van der Waals surface area contributed by atoms with Gasteiger partial charge >= 0.3 is 0 Å². The van der Waals surface area contributed by atoms with E-state index >= 15 is 0 Å². The molecule has 0 aliphatic rings. The van der Waals surface area contributed by atoms with E-state index in [1.807, 2.05) is 25.1 Å². The van der Waals surface area contributed by atoms with Gasteiger partial charge in [0.25, 0.3) is 0 Å². The van der Waals surface area contributed by atoms with Crippen LogP contribution < -0.4 is 4.74 Å². The first-order valence-electron chi connectivity index (χ1n) is 4.04. The average Bonchev–Trinajstić information content (AvgIpc) is 2.14. The van der Waals surface area contributed by atoms with Gasteiger partial charge in [0, 0.05) is 20.3 Å². The number of hydrogen-bond acceptors (Lipinski definition) is 3. The number of aliphatic imine (C=N–C) groups is 1. The molecule has 0 fully saturated rings. The third-order valence-electron chi connectivity index (χ3n) is 1.45. The minimum absolute atomic E-state index is 0.565. The van der Waals surface area contributed by atoms with Crippen LogP contribution in [0, 0.1) is 0 Å². The number of methoxy groups -OCH3 is 1. The van der Waals surface area contributed by atoms with Crippen molar-refractivity contribution in [3.63, 3.8) is 0 Å². The Morgan fingerprint density at radius 1 is 1.57 bits per heavy atom. The quantitative estimate of drug-likeness (QED) is 0.615. The van der Waals surface area contributed by atoms with Gasteiger partial charge in [0.15, 0.2) is 11.6 Å². The standard InChI is InChI=1S/C9H12BrN3O/c1-13(2)6-12-9-8(14-3)7(10)4-5-11-9/h4-6H,1-3H3/b12-6+. The smallest absolute Gasteiger partial charge is 0.197 e. The topological polar surface area (TPSA) is 37.7 Å². The van der Waals surface area contributed by atoms with Gasteiger partial charge in [0.1, 0.15) is 0 Å². The van der Waals surface area contributed by atoms with E-state index in [-0.39, 0.29) is 0 Å². The van der Waals surface area contributed by atoms with E-state index in [0.717, 1.165) is 4.47 Å². The zero-order chi connectivity index (χ0) is 10.6. The Bertz CT molecular complexity index is 339. The Balaban J connectivity index is 3.02. The van der Waals surface area contributed by atoms with Crippen molar-refractivity contribution in [2.24, 2.45) is 4.99 Å². The van der Waals surface area contributed by atoms with Crippen molar-refractivity contribution in [1.82, 2.24) is 9.88 Å². The van der Waals surface area contributed by atoms with Crippen LogP contribution in [0.5, 0.6) is 5.75 Å². The molecule has 0 radical (unpaired) electrons. The van der Waals surface area contributed by atoms with Crippen LogP contribution in [0.25, 0.3) is 0 Å². The Morgan fingerprint density at radius 2 is 2.29 bits per heavy atom. The fraction of sp³-hybridized carbons (Fsp3) is 0.333. The largest absolute Gasteiger partial charge is 0.492 e. The van der Waals surface area contributed by atoms with E-state index in [1.165, 1.54) is 0 Å². The molecule has 0 aromatic carbocycles. The lowest BCUT2D eigenvalue weighted by Gasteiger charge is -2.06. The molecule has 4 nitrogen and oxygen atoms in total. The van der Waals surface area contributed by atoms with Gasteiger partial charge < -0.3 is 9.64 Å². The lowest BCUT2D eigenvalue weighted by atomic mass is 10.4. The summed E-state index contributed by atoms with van der Waals surface area (Å²) in [5, 5.41) is 0. The van der Waals surface area contributed by atoms with E-state index in [4.69, 9.17) is 4.74 Å². The molecule has 0 bridgehead atoms. The molecule has 0 amide bonds. The Hall–Kier alpha value is -1.10. The number of rotatable bonds is 3. The van der Waals surface area contributed by atoms with Crippen molar-refractivity contribution < 1.29 is 4.74 Å². The molecule has 76 valence electrons. The van der Waals surface area contributed by atoms with Crippen LogP contribution in [-0.2, 0) is 0 Å². The minimum Gasteiger partial charge on any atom is -0.492 e. The Morgan fingerprint density at radius 3 is 2.86 bits per heavy atom. The van der Waals surface area contributed by atoms with Gasteiger partial charge in [-0.1, -0.05) is 0 Å². The van der Waals surface area contributed by atoms with Crippen LogP contribution in [0.3, 0.4) is 0 Å². The summed E-state index contributed by atoms with van der Waals surface area (Å²) in [6.07, 6.45) is 3.35. The van der Waals surface area contributed by atoms with Gasteiger partial charge in [-0.3, -0.25) is 0 Å². The monoisotopic (exact) mass is 257 g/mol. The van der Waals surface area contributed by atoms with Gasteiger partial charge in [-0.25, -0.2) is 9.98 Å². The first kappa shape index (κ1) is 11.0. The van der Waals surface area contributed by atoms with E-state index in [2.05, 4.69) is 25.9 Å². The molecule has 1 aromatic heterocycles. The maximum Gasteiger partial charge on any atom is 0.197 e. The van der Waals surface area contributed by atoms with E-state index in [9.17, 15) is 0 Å². The first-order chi connectivity index (χ1) is 6.65. The van der Waals surface area contributed by atoms with Crippen LogP contribution in [0.2, 0.25) is 0 Å². The van der Waals surface area contributed by atoms with Crippen molar-refractivity contribution in [3.05, 3.63) is 16.7 Å². The van der Waals surface area contributed by atoms with Crippen molar-refractivity contribution in [2.75, 3.05) is 21.2 Å². The summed E-state index contributed by atoms with van der Waals surface area (Å²) in [6.45, 7) is 0. The highest BCUT2D eigenvalue weighted by Crippen LogP contribution is 2.32. The molecule has 14 heavy (non-hydrogen) atoms. The molecule has 0 aliphatic carbocycles. The second-order valence-corrected chi connectivity index (χ2v) is 3.71. The summed E-state index contributed by atoms with van der Waals surface area (Å²) in [4.78, 5) is 10.1. The summed E-state index contributed by atoms with van der Waals surface area (Å²) in [5.74, 6) is 1.21. The summed E-state index contributed by atoms with van der Waals surface area (Å²) in [7, 11) is 5.39. The third kappa shape index (κ3) is 2.70. The number of ether oxygens (including phenoxy) is 1. The molecule has 0 aliphatic heterocycles. The van der Waals surface area contributed by atoms with Crippen LogP contribution in [0.4, 0.5) is 5.82 Å². The molecule has 0 atom stereocenters. The number of pyridine rings is 1. The maximum atomic E-state index is 5.17. The van der Waals surface area contributed by atoms with Crippen LogP contribution in [-0.4, -0.2) is 37.4 Å². The summed E-state index contributed by atoms with van der Waals surface area (Å²) < 4.78 is 6.01. The van der Waals surface area contributed by atoms with Crippen LogP contribution >= 0.6 is 15.9 Å². The minimum atomic E-state index is 0.565. The first-order valence-corrected chi connectivity index (χ1v) is 4.83. The van der Waals surface area contributed by atoms with Gasteiger partial charge in [-0.15, -0.1) is 0 Å². The molecular formula is C9H12BrN3O. The SMILES string of the molecule is COc1c(Br)ccnc1/N=C/N(C)C. The van der Waals surface area contributed by atoms with E-state index in [1.54, 1.807) is 19.6 Å². The van der Waals surface area contributed by atoms with Gasteiger partial charge in [0.2, 0.25) is 0 Å². The third-order valence-corrected chi connectivity index (χ3v) is 2.08. The summed E-state index contributed by atoms with van der Waals surface area (Å²) >= 11 is 3.36. The van der Waals surface area contributed by atoms with Crippen LogP contribution in [0.1, 0.15) is 0 Å². The highest BCUT2D eigenvalue weighted by Gasteiger charge is 2.06. The summed E-state index contributed by atoms with van der Waals surface area (Å²) in [6, 6.07) is 1.81. The average molecular weight is 258 g/mol. The number of nitrogens with zero attached hydrogens (tertiary/aromatic N) is 3. The second kappa shape index (κ2) is 4.95. The molecule has 5 heteroatoms. The molecule has 0 N–H and O–H groups in total. The predicted molar refractivity (Wildman–Crippen MR) is 60.3 cm³/mol. The highest BCUT2D eigenvalue weighted by atomic mass is 79.9. The van der Waals surface area contributed by atoms with Crippen molar-refractivity contribution >= 4 is 28.1 Å². The number of hydrogen-bond donors (Lipinski definition) is 0. The molecule has 0 unspecified atom stereocenters. The van der Waals surface area contributed by atoms with Gasteiger partial charge in [0.05, 0.1) is 17.9 Å².